The topological polar surface area (TPSA) is 46.9 Å². The zero-order chi connectivity index (χ0) is 16.1. The predicted octanol–water partition coefficient (Wildman–Crippen LogP) is 3.61. The van der Waals surface area contributed by atoms with Gasteiger partial charge in [-0.1, -0.05) is 36.4 Å². The van der Waals surface area contributed by atoms with E-state index >= 15 is 0 Å². The average molecular weight is 325 g/mol. The first-order chi connectivity index (χ1) is 11.2. The van der Waals surface area contributed by atoms with Gasteiger partial charge in [0.15, 0.2) is 0 Å². The second-order valence-corrected chi connectivity index (χ2v) is 6.43. The number of carbonyl (C=O) groups is 1. The van der Waals surface area contributed by atoms with Crippen molar-refractivity contribution in [1.29, 1.82) is 0 Å². The molecule has 23 heavy (non-hydrogen) atoms. The number of hydrogen-bond acceptors (Lipinski definition) is 3. The number of rotatable bonds is 6. The molecule has 0 aliphatic heterocycles. The van der Waals surface area contributed by atoms with Gasteiger partial charge in [-0.15, -0.1) is 11.3 Å². The van der Waals surface area contributed by atoms with Crippen LogP contribution in [-0.4, -0.2) is 15.5 Å². The molecule has 1 aromatic carbocycles. The molecule has 0 fully saturated rings. The highest BCUT2D eigenvalue weighted by molar-refractivity contribution is 7.10. The molecule has 0 aliphatic rings. The largest absolute Gasteiger partial charge is 0.346 e. The Bertz CT molecular complexity index is 723. The summed E-state index contributed by atoms with van der Waals surface area (Å²) in [6.07, 6.45) is 5.94. The number of nitrogens with zero attached hydrogens (tertiary/aromatic N) is 2. The van der Waals surface area contributed by atoms with Crippen molar-refractivity contribution < 1.29 is 4.79 Å². The molecule has 2 aromatic heterocycles. The minimum atomic E-state index is -0.282. The molecule has 5 heteroatoms. The molecule has 1 amide bonds. The minimum Gasteiger partial charge on any atom is -0.346 e. The van der Waals surface area contributed by atoms with Crippen LogP contribution in [0.4, 0.5) is 0 Å². The van der Waals surface area contributed by atoms with Gasteiger partial charge in [0.2, 0.25) is 5.91 Å². The van der Waals surface area contributed by atoms with E-state index in [1.807, 2.05) is 47.3 Å². The number of thiophene rings is 1. The van der Waals surface area contributed by atoms with Crippen LogP contribution in [0.1, 0.15) is 29.4 Å². The standard InChI is InChI=1S/C18H19N3OS/c1-14(21-10-9-19-13-21)18(22)20-16(17-8-5-11-23-17)12-15-6-3-2-4-7-15/h2-11,13-14,16H,12H2,1H3,(H,20,22)/t14-,16+/m1/s1. The normalized spacial score (nSPS) is 13.4. The SMILES string of the molecule is C[C@H](C(=O)N[C@@H](Cc1ccccc1)c1cccs1)n1ccnc1. The molecule has 4 nitrogen and oxygen atoms in total. The Morgan fingerprint density at radius 1 is 1.26 bits per heavy atom. The van der Waals surface area contributed by atoms with E-state index in [1.165, 1.54) is 10.4 Å². The van der Waals surface area contributed by atoms with Crippen LogP contribution in [0.15, 0.2) is 66.6 Å². The number of aromatic nitrogens is 2. The van der Waals surface area contributed by atoms with E-state index in [-0.39, 0.29) is 18.0 Å². The molecule has 2 atom stereocenters. The van der Waals surface area contributed by atoms with Gasteiger partial charge in [-0.25, -0.2) is 4.98 Å². The molecular weight excluding hydrogens is 306 g/mol. The van der Waals surface area contributed by atoms with Gasteiger partial charge < -0.3 is 9.88 Å². The van der Waals surface area contributed by atoms with Gasteiger partial charge in [0.1, 0.15) is 6.04 Å². The Morgan fingerprint density at radius 3 is 2.74 bits per heavy atom. The molecule has 3 rings (SSSR count). The Balaban J connectivity index is 1.75. The fourth-order valence-corrected chi connectivity index (χ4v) is 3.27. The van der Waals surface area contributed by atoms with Gasteiger partial charge in [0, 0.05) is 17.3 Å². The van der Waals surface area contributed by atoms with Crippen LogP contribution in [0.3, 0.4) is 0 Å². The van der Waals surface area contributed by atoms with E-state index in [2.05, 4.69) is 28.5 Å². The van der Waals surface area contributed by atoms with Gasteiger partial charge in [0.25, 0.3) is 0 Å². The Kier molecular flexibility index (Phi) is 4.88. The third-order valence-corrected chi connectivity index (χ3v) is 4.82. The second-order valence-electron chi connectivity index (χ2n) is 5.45. The quantitative estimate of drug-likeness (QED) is 0.752. The van der Waals surface area contributed by atoms with Crippen molar-refractivity contribution in [3.8, 4) is 0 Å². The highest BCUT2D eigenvalue weighted by atomic mass is 32.1. The highest BCUT2D eigenvalue weighted by Crippen LogP contribution is 2.23. The smallest absolute Gasteiger partial charge is 0.243 e. The third kappa shape index (κ3) is 3.87. The van der Waals surface area contributed by atoms with Crippen molar-refractivity contribution in [3.05, 3.63) is 77.0 Å². The predicted molar refractivity (Wildman–Crippen MR) is 92.3 cm³/mol. The molecule has 2 heterocycles. The number of carbonyl (C=O) groups excluding carboxylic acids is 1. The van der Waals surface area contributed by atoms with E-state index in [4.69, 9.17) is 0 Å². The Labute approximate surface area is 139 Å². The maximum Gasteiger partial charge on any atom is 0.243 e. The summed E-state index contributed by atoms with van der Waals surface area (Å²) >= 11 is 1.67. The van der Waals surface area contributed by atoms with Crippen molar-refractivity contribution in [2.75, 3.05) is 0 Å². The molecule has 0 radical (unpaired) electrons. The molecule has 0 unspecified atom stereocenters. The maximum atomic E-state index is 12.6. The van der Waals surface area contributed by atoms with Crippen molar-refractivity contribution in [1.82, 2.24) is 14.9 Å². The first-order valence-electron chi connectivity index (χ1n) is 7.59. The molecule has 0 saturated heterocycles. The lowest BCUT2D eigenvalue weighted by molar-refractivity contribution is -0.124. The van der Waals surface area contributed by atoms with E-state index in [1.54, 1.807) is 23.9 Å². The van der Waals surface area contributed by atoms with Crippen LogP contribution in [-0.2, 0) is 11.2 Å². The fraction of sp³-hybridized carbons (Fsp3) is 0.222. The van der Waals surface area contributed by atoms with E-state index in [0.29, 0.717) is 0 Å². The van der Waals surface area contributed by atoms with Gasteiger partial charge in [0.05, 0.1) is 12.4 Å². The van der Waals surface area contributed by atoms with Crippen molar-refractivity contribution >= 4 is 17.2 Å². The summed E-state index contributed by atoms with van der Waals surface area (Å²) in [5.41, 5.74) is 1.21. The van der Waals surface area contributed by atoms with Crippen molar-refractivity contribution in [2.24, 2.45) is 0 Å². The number of hydrogen-bond donors (Lipinski definition) is 1. The second kappa shape index (κ2) is 7.24. The monoisotopic (exact) mass is 325 g/mol. The minimum absolute atomic E-state index is 0.00247. The lowest BCUT2D eigenvalue weighted by Gasteiger charge is -2.21. The van der Waals surface area contributed by atoms with Crippen LogP contribution in [0.5, 0.6) is 0 Å². The van der Waals surface area contributed by atoms with Gasteiger partial charge in [-0.05, 0) is 30.4 Å². The molecule has 1 N–H and O–H groups in total. The van der Waals surface area contributed by atoms with Crippen LogP contribution in [0.25, 0.3) is 0 Å². The molecule has 0 bridgehead atoms. The molecule has 3 aromatic rings. The zero-order valence-electron chi connectivity index (χ0n) is 12.9. The van der Waals surface area contributed by atoms with Crippen LogP contribution in [0, 0.1) is 0 Å². The Hall–Kier alpha value is -2.40. The van der Waals surface area contributed by atoms with Gasteiger partial charge >= 0.3 is 0 Å². The van der Waals surface area contributed by atoms with Crippen LogP contribution >= 0.6 is 11.3 Å². The zero-order valence-corrected chi connectivity index (χ0v) is 13.7. The van der Waals surface area contributed by atoms with Crippen molar-refractivity contribution in [3.63, 3.8) is 0 Å². The van der Waals surface area contributed by atoms with E-state index < -0.39 is 0 Å². The first-order valence-corrected chi connectivity index (χ1v) is 8.47. The number of amides is 1. The summed E-state index contributed by atoms with van der Waals surface area (Å²) in [7, 11) is 0. The summed E-state index contributed by atoms with van der Waals surface area (Å²) < 4.78 is 1.81. The van der Waals surface area contributed by atoms with Gasteiger partial charge in [-0.2, -0.15) is 0 Å². The summed E-state index contributed by atoms with van der Waals surface area (Å²) in [5.74, 6) is -0.00247. The highest BCUT2D eigenvalue weighted by Gasteiger charge is 2.20. The average Bonchev–Trinajstić information content (AvgIpc) is 3.28. The van der Waals surface area contributed by atoms with Crippen LogP contribution in [0.2, 0.25) is 0 Å². The van der Waals surface area contributed by atoms with E-state index in [9.17, 15) is 4.79 Å². The molecule has 0 aliphatic carbocycles. The molecular formula is C18H19N3OS. The third-order valence-electron chi connectivity index (χ3n) is 3.84. The summed E-state index contributed by atoms with van der Waals surface area (Å²) in [6.45, 7) is 1.88. The maximum absolute atomic E-state index is 12.6. The number of nitrogens with one attached hydrogen (secondary N) is 1. The summed E-state index contributed by atoms with van der Waals surface area (Å²) in [4.78, 5) is 17.8. The summed E-state index contributed by atoms with van der Waals surface area (Å²) in [5, 5.41) is 5.22. The van der Waals surface area contributed by atoms with Crippen LogP contribution < -0.4 is 5.32 Å². The summed E-state index contributed by atoms with van der Waals surface area (Å²) in [6, 6.07) is 14.0. The lowest BCUT2D eigenvalue weighted by atomic mass is 10.0. The molecule has 0 saturated carbocycles. The first kappa shape index (κ1) is 15.5. The van der Waals surface area contributed by atoms with Gasteiger partial charge in [-0.3, -0.25) is 4.79 Å². The fourth-order valence-electron chi connectivity index (χ4n) is 2.49. The van der Waals surface area contributed by atoms with Crippen molar-refractivity contribution in [2.45, 2.75) is 25.4 Å². The lowest BCUT2D eigenvalue weighted by Crippen LogP contribution is -2.34. The van der Waals surface area contributed by atoms with E-state index in [0.717, 1.165) is 6.42 Å². The number of benzene rings is 1. The molecule has 0 spiro atoms. The Morgan fingerprint density at radius 2 is 2.09 bits per heavy atom. The number of imidazole rings is 1. The molecule has 118 valence electrons.